The van der Waals surface area contributed by atoms with E-state index in [4.69, 9.17) is 0 Å². The monoisotopic (exact) mass is 493 g/mol. The highest BCUT2D eigenvalue weighted by Crippen LogP contribution is 2.31. The van der Waals surface area contributed by atoms with Crippen LogP contribution in [-0.2, 0) is 22.7 Å². The Balaban J connectivity index is 1.57. The van der Waals surface area contributed by atoms with E-state index in [1.54, 1.807) is 6.07 Å². The molecule has 0 spiro atoms. The van der Waals surface area contributed by atoms with Crippen LogP contribution in [0.2, 0.25) is 0 Å². The highest BCUT2D eigenvalue weighted by atomic mass is 32.2. The lowest BCUT2D eigenvalue weighted by atomic mass is 10.2. The summed E-state index contributed by atoms with van der Waals surface area (Å²) >= 11 is 0. The molecule has 1 heterocycles. The molecule has 1 fully saturated rings. The van der Waals surface area contributed by atoms with Gasteiger partial charge in [0.1, 0.15) is 5.75 Å². The second kappa shape index (κ2) is 9.91. The number of hydrogen-bond acceptors (Lipinski definition) is 4. The number of carbonyl (C=O) groups excluding carboxylic acids is 1. The third-order valence-electron chi connectivity index (χ3n) is 4.89. The molecule has 2 aromatic rings. The molecule has 2 aromatic carbocycles. The normalized spacial score (nSPS) is 15.5. The van der Waals surface area contributed by atoms with Crippen LogP contribution in [0.5, 0.6) is 5.75 Å². The van der Waals surface area contributed by atoms with Crippen LogP contribution < -0.4 is 10.1 Å². The minimum Gasteiger partial charge on any atom is -0.435 e. The molecule has 0 bridgehead atoms. The number of piperazine rings is 1. The Kier molecular flexibility index (Phi) is 7.42. The van der Waals surface area contributed by atoms with Gasteiger partial charge in [-0.1, -0.05) is 18.2 Å². The summed E-state index contributed by atoms with van der Waals surface area (Å²) in [5.74, 6) is -0.0508. The smallest absolute Gasteiger partial charge is 0.416 e. The van der Waals surface area contributed by atoms with E-state index in [1.165, 1.54) is 23.1 Å². The number of alkyl halides is 5. The number of rotatable bonds is 6. The summed E-state index contributed by atoms with van der Waals surface area (Å²) < 4.78 is 94.2. The molecule has 0 radical (unpaired) electrons. The van der Waals surface area contributed by atoms with Gasteiger partial charge in [0.05, 0.1) is 10.5 Å². The zero-order valence-electron chi connectivity index (χ0n) is 17.1. The lowest BCUT2D eigenvalue weighted by Crippen LogP contribution is -2.52. The van der Waals surface area contributed by atoms with Gasteiger partial charge in [-0.3, -0.25) is 0 Å². The van der Waals surface area contributed by atoms with E-state index < -0.39 is 39.3 Å². The van der Waals surface area contributed by atoms with Gasteiger partial charge in [0.25, 0.3) is 0 Å². The molecule has 1 aliphatic rings. The molecule has 33 heavy (non-hydrogen) atoms. The van der Waals surface area contributed by atoms with E-state index in [2.05, 4.69) is 10.1 Å². The molecule has 1 N–H and O–H groups in total. The number of carbonyl (C=O) groups is 1. The van der Waals surface area contributed by atoms with Gasteiger partial charge in [0.2, 0.25) is 10.0 Å². The van der Waals surface area contributed by atoms with Crippen molar-refractivity contribution in [1.29, 1.82) is 0 Å². The Morgan fingerprint density at radius 1 is 1.03 bits per heavy atom. The largest absolute Gasteiger partial charge is 0.435 e. The molecule has 180 valence electrons. The number of benzene rings is 2. The molecule has 7 nitrogen and oxygen atoms in total. The van der Waals surface area contributed by atoms with Crippen molar-refractivity contribution in [3.05, 3.63) is 59.7 Å². The summed E-state index contributed by atoms with van der Waals surface area (Å²) in [5.41, 5.74) is -0.545. The van der Waals surface area contributed by atoms with Crippen LogP contribution in [0.15, 0.2) is 53.4 Å². The van der Waals surface area contributed by atoms with Gasteiger partial charge in [-0.15, -0.1) is 0 Å². The summed E-state index contributed by atoms with van der Waals surface area (Å²) in [5, 5.41) is 2.61. The second-order valence-corrected chi connectivity index (χ2v) is 9.04. The number of ether oxygens (including phenoxy) is 1. The van der Waals surface area contributed by atoms with Crippen LogP contribution in [-0.4, -0.2) is 56.4 Å². The van der Waals surface area contributed by atoms with Gasteiger partial charge in [0, 0.05) is 32.7 Å². The Hall–Kier alpha value is -2.93. The van der Waals surface area contributed by atoms with Crippen molar-refractivity contribution in [3.63, 3.8) is 0 Å². The first kappa shape index (κ1) is 24.7. The molecule has 0 atom stereocenters. The maximum atomic E-state index is 12.9. The van der Waals surface area contributed by atoms with Crippen LogP contribution in [0.4, 0.5) is 26.7 Å². The van der Waals surface area contributed by atoms with Crippen LogP contribution >= 0.6 is 0 Å². The summed E-state index contributed by atoms with van der Waals surface area (Å²) in [6.45, 7) is -3.08. The van der Waals surface area contributed by atoms with Crippen molar-refractivity contribution in [2.45, 2.75) is 24.2 Å². The minimum absolute atomic E-state index is 0.0263. The number of hydrogen-bond donors (Lipinski definition) is 1. The van der Waals surface area contributed by atoms with E-state index in [1.807, 2.05) is 0 Å². The fourth-order valence-corrected chi connectivity index (χ4v) is 4.70. The van der Waals surface area contributed by atoms with E-state index in [0.29, 0.717) is 11.6 Å². The zero-order chi connectivity index (χ0) is 24.2. The van der Waals surface area contributed by atoms with Gasteiger partial charge in [-0.05, 0) is 35.9 Å². The molecule has 0 aliphatic carbocycles. The van der Waals surface area contributed by atoms with Crippen molar-refractivity contribution in [2.75, 3.05) is 26.2 Å². The molecule has 0 aromatic heterocycles. The van der Waals surface area contributed by atoms with Gasteiger partial charge >= 0.3 is 18.8 Å². The third-order valence-corrected chi connectivity index (χ3v) is 6.79. The number of nitrogens with one attached hydrogen (secondary N) is 1. The number of sulfonamides is 1. The van der Waals surface area contributed by atoms with Gasteiger partial charge in [-0.25, -0.2) is 13.2 Å². The average Bonchev–Trinajstić information content (AvgIpc) is 2.77. The maximum Gasteiger partial charge on any atom is 0.416 e. The van der Waals surface area contributed by atoms with Gasteiger partial charge < -0.3 is 15.0 Å². The first-order valence-electron chi connectivity index (χ1n) is 9.71. The number of urea groups is 1. The predicted octanol–water partition coefficient (Wildman–Crippen LogP) is 3.52. The molecule has 0 unspecified atom stereocenters. The third kappa shape index (κ3) is 6.32. The Bertz CT molecular complexity index is 1090. The molecule has 0 saturated carbocycles. The van der Waals surface area contributed by atoms with Crippen molar-refractivity contribution in [1.82, 2.24) is 14.5 Å². The summed E-state index contributed by atoms with van der Waals surface area (Å²) in [6.07, 6.45) is -4.67. The van der Waals surface area contributed by atoms with Crippen LogP contribution in [0.25, 0.3) is 0 Å². The zero-order valence-corrected chi connectivity index (χ0v) is 17.9. The van der Waals surface area contributed by atoms with E-state index in [0.717, 1.165) is 22.5 Å². The van der Waals surface area contributed by atoms with Crippen molar-refractivity contribution in [3.8, 4) is 5.75 Å². The van der Waals surface area contributed by atoms with Crippen molar-refractivity contribution in [2.24, 2.45) is 0 Å². The molecular formula is C20H20F5N3O4S. The SMILES string of the molecule is O=C(NCc1cccc(OC(F)F)c1)N1CCN(S(=O)(=O)c2cccc(C(F)(F)F)c2)CC1. The quantitative estimate of drug-likeness (QED) is 0.625. The molecule has 13 heteroatoms. The number of amides is 2. The van der Waals surface area contributed by atoms with E-state index in [9.17, 15) is 35.2 Å². The van der Waals surface area contributed by atoms with Crippen molar-refractivity contribution < 1.29 is 39.9 Å². The molecule has 1 saturated heterocycles. The van der Waals surface area contributed by atoms with Crippen molar-refractivity contribution >= 4 is 16.1 Å². The fraction of sp³-hybridized carbons (Fsp3) is 0.350. The van der Waals surface area contributed by atoms with Crippen LogP contribution in [0.3, 0.4) is 0 Å². The Morgan fingerprint density at radius 2 is 1.70 bits per heavy atom. The number of nitrogens with zero attached hydrogens (tertiary/aromatic N) is 2. The van der Waals surface area contributed by atoms with Crippen LogP contribution in [0.1, 0.15) is 11.1 Å². The van der Waals surface area contributed by atoms with Crippen LogP contribution in [0, 0.1) is 0 Å². The predicted molar refractivity (Wildman–Crippen MR) is 107 cm³/mol. The van der Waals surface area contributed by atoms with Gasteiger partial charge in [0.15, 0.2) is 0 Å². The summed E-state index contributed by atoms with van der Waals surface area (Å²) in [6, 6.07) is 8.81. The highest BCUT2D eigenvalue weighted by Gasteiger charge is 2.34. The molecular weight excluding hydrogens is 473 g/mol. The first-order valence-corrected chi connectivity index (χ1v) is 11.1. The minimum atomic E-state index is -4.67. The molecule has 3 rings (SSSR count). The molecule has 1 aliphatic heterocycles. The second-order valence-electron chi connectivity index (χ2n) is 7.10. The lowest BCUT2D eigenvalue weighted by Gasteiger charge is -2.34. The lowest BCUT2D eigenvalue weighted by molar-refractivity contribution is -0.137. The maximum absolute atomic E-state index is 12.9. The standard InChI is InChI=1S/C20H20F5N3O4S/c21-18(22)32-16-5-1-3-14(11-16)13-26-19(29)27-7-9-28(10-8-27)33(30,31)17-6-2-4-15(12-17)20(23,24)25/h1-6,11-12,18H,7-10,13H2,(H,26,29). The Morgan fingerprint density at radius 3 is 2.33 bits per heavy atom. The Labute approximate surface area is 186 Å². The number of halogens is 5. The van der Waals surface area contributed by atoms with E-state index in [-0.39, 0.29) is 38.5 Å². The van der Waals surface area contributed by atoms with Gasteiger partial charge in [-0.2, -0.15) is 26.3 Å². The highest BCUT2D eigenvalue weighted by molar-refractivity contribution is 7.89. The van der Waals surface area contributed by atoms with E-state index >= 15 is 0 Å². The molecule has 2 amide bonds. The topological polar surface area (TPSA) is 79.0 Å². The first-order chi connectivity index (χ1) is 15.5. The fourth-order valence-electron chi connectivity index (χ4n) is 3.23. The average molecular weight is 493 g/mol. The summed E-state index contributed by atoms with van der Waals surface area (Å²) in [4.78, 5) is 13.3. The summed E-state index contributed by atoms with van der Waals surface area (Å²) in [7, 11) is -4.16.